The van der Waals surface area contributed by atoms with Crippen molar-refractivity contribution < 1.29 is 13.5 Å². The number of thiophene rings is 1. The summed E-state index contributed by atoms with van der Waals surface area (Å²) in [5, 5.41) is 10.2. The van der Waals surface area contributed by atoms with E-state index >= 15 is 0 Å². The average molecular weight is 536 g/mol. The molecule has 0 saturated carbocycles. The normalized spacial score (nSPS) is 15.2. The Hall–Kier alpha value is -1.62. The van der Waals surface area contributed by atoms with E-state index in [1.54, 1.807) is 23.5 Å². The van der Waals surface area contributed by atoms with E-state index in [0.29, 0.717) is 12.6 Å². The smallest absolute Gasteiger partial charge is 0.387 e. The van der Waals surface area contributed by atoms with Crippen molar-refractivity contribution in [3.05, 3.63) is 47.3 Å². The van der Waals surface area contributed by atoms with Gasteiger partial charge in [0.05, 0.1) is 11.5 Å². The molecular weight excluding hydrogens is 509 g/mol. The van der Waals surface area contributed by atoms with E-state index in [0.717, 1.165) is 44.0 Å². The van der Waals surface area contributed by atoms with Crippen LogP contribution in [0.25, 0.3) is 0 Å². The van der Waals surface area contributed by atoms with Gasteiger partial charge in [0.2, 0.25) is 0 Å². The zero-order valence-corrected chi connectivity index (χ0v) is 19.5. The second-order valence-electron chi connectivity index (χ2n) is 6.58. The quantitative estimate of drug-likeness (QED) is 0.306. The molecule has 0 spiro atoms. The number of halogens is 3. The molecular formula is C20H27F2IN4OS. The number of alkyl halides is 2. The van der Waals surface area contributed by atoms with Gasteiger partial charge in [-0.15, -0.1) is 35.3 Å². The number of guanidine groups is 1. The maximum atomic E-state index is 12.4. The number of ether oxygens (including phenoxy) is 1. The summed E-state index contributed by atoms with van der Waals surface area (Å²) < 4.78 is 29.2. The van der Waals surface area contributed by atoms with Gasteiger partial charge in [-0.3, -0.25) is 0 Å². The van der Waals surface area contributed by atoms with E-state index in [2.05, 4.69) is 42.8 Å². The minimum Gasteiger partial charge on any atom is -0.435 e. The molecule has 5 nitrogen and oxygen atoms in total. The summed E-state index contributed by atoms with van der Waals surface area (Å²) in [6.07, 6.45) is 2.08. The van der Waals surface area contributed by atoms with Crippen molar-refractivity contribution >= 4 is 46.3 Å². The second kappa shape index (κ2) is 12.2. The van der Waals surface area contributed by atoms with Gasteiger partial charge in [0.15, 0.2) is 5.96 Å². The summed E-state index contributed by atoms with van der Waals surface area (Å²) in [5.41, 5.74) is 0.822. The van der Waals surface area contributed by atoms with Crippen LogP contribution in [0.4, 0.5) is 13.8 Å². The molecule has 0 aliphatic carbocycles. The number of benzene rings is 1. The maximum Gasteiger partial charge on any atom is 0.387 e. The van der Waals surface area contributed by atoms with Crippen LogP contribution in [-0.4, -0.2) is 38.2 Å². The van der Waals surface area contributed by atoms with Crippen molar-refractivity contribution in [2.45, 2.75) is 39.0 Å². The van der Waals surface area contributed by atoms with Gasteiger partial charge in [-0.2, -0.15) is 8.78 Å². The Labute approximate surface area is 191 Å². The monoisotopic (exact) mass is 536 g/mol. The van der Waals surface area contributed by atoms with E-state index in [1.165, 1.54) is 11.1 Å². The highest BCUT2D eigenvalue weighted by Gasteiger charge is 2.20. The summed E-state index contributed by atoms with van der Waals surface area (Å²) in [5.74, 6) is 0.902. The van der Waals surface area contributed by atoms with Crippen molar-refractivity contribution in [1.29, 1.82) is 0 Å². The van der Waals surface area contributed by atoms with Gasteiger partial charge in [0.1, 0.15) is 5.75 Å². The fraction of sp³-hybridized carbons (Fsp3) is 0.450. The van der Waals surface area contributed by atoms with Crippen molar-refractivity contribution in [1.82, 2.24) is 10.6 Å². The molecule has 9 heteroatoms. The number of hydrogen-bond donors (Lipinski definition) is 2. The summed E-state index contributed by atoms with van der Waals surface area (Å²) in [6.45, 7) is 2.39. The second-order valence-corrected chi connectivity index (χ2v) is 7.50. The first-order chi connectivity index (χ1) is 13.6. The average Bonchev–Trinajstić information content (AvgIpc) is 3.21. The summed E-state index contributed by atoms with van der Waals surface area (Å²) >= 11 is 1.78. The number of nitrogens with zero attached hydrogens (tertiary/aromatic N) is 2. The Bertz CT molecular complexity index is 753. The van der Waals surface area contributed by atoms with Crippen LogP contribution in [0.3, 0.4) is 0 Å². The Morgan fingerprint density at radius 2 is 2.07 bits per heavy atom. The zero-order valence-electron chi connectivity index (χ0n) is 16.3. The number of hydrogen-bond acceptors (Lipinski definition) is 4. The molecule has 3 rings (SSSR count). The molecule has 0 bridgehead atoms. The lowest BCUT2D eigenvalue weighted by atomic mass is 10.1. The third kappa shape index (κ3) is 7.61. The highest BCUT2D eigenvalue weighted by atomic mass is 127. The van der Waals surface area contributed by atoms with Crippen LogP contribution in [0.1, 0.15) is 25.3 Å². The lowest BCUT2D eigenvalue weighted by molar-refractivity contribution is -0.0498. The summed E-state index contributed by atoms with van der Waals surface area (Å²) in [6, 6.07) is 11.3. The minimum atomic E-state index is -2.82. The van der Waals surface area contributed by atoms with E-state index in [4.69, 9.17) is 0 Å². The molecule has 1 aliphatic rings. The number of piperidine rings is 1. The molecule has 1 aromatic carbocycles. The first-order valence-electron chi connectivity index (χ1n) is 9.51. The van der Waals surface area contributed by atoms with Crippen molar-refractivity contribution in [3.63, 3.8) is 0 Å². The molecule has 1 aliphatic heterocycles. The molecule has 2 N–H and O–H groups in total. The number of anilines is 1. The Morgan fingerprint density at radius 3 is 2.72 bits per heavy atom. The molecule has 1 fully saturated rings. The van der Waals surface area contributed by atoms with Crippen molar-refractivity contribution in [2.24, 2.45) is 4.99 Å². The summed E-state index contributed by atoms with van der Waals surface area (Å²) in [4.78, 5) is 7.02. The SMILES string of the molecule is CCNC(=NCc1cccc(OC(F)F)c1)NC1CCN(c2cccs2)CC1.I. The highest BCUT2D eigenvalue weighted by molar-refractivity contribution is 14.0. The van der Waals surface area contributed by atoms with Crippen LogP contribution < -0.4 is 20.3 Å². The third-order valence-corrected chi connectivity index (χ3v) is 5.47. The first-order valence-corrected chi connectivity index (χ1v) is 10.4. The third-order valence-electron chi connectivity index (χ3n) is 4.54. The minimum absolute atomic E-state index is 0. The van der Waals surface area contributed by atoms with Gasteiger partial charge in [-0.1, -0.05) is 12.1 Å². The molecule has 2 heterocycles. The van der Waals surface area contributed by atoms with Crippen LogP contribution >= 0.6 is 35.3 Å². The van der Waals surface area contributed by atoms with Gasteiger partial charge in [-0.05, 0) is 55.0 Å². The topological polar surface area (TPSA) is 48.9 Å². The van der Waals surface area contributed by atoms with Crippen LogP contribution in [0.2, 0.25) is 0 Å². The fourth-order valence-corrected chi connectivity index (χ4v) is 3.98. The van der Waals surface area contributed by atoms with Gasteiger partial charge in [-0.25, -0.2) is 4.99 Å². The van der Waals surface area contributed by atoms with E-state index in [9.17, 15) is 8.78 Å². The molecule has 1 aromatic heterocycles. The number of rotatable bonds is 7. The molecule has 160 valence electrons. The van der Waals surface area contributed by atoms with Crippen LogP contribution in [-0.2, 0) is 6.54 Å². The number of nitrogens with one attached hydrogen (secondary N) is 2. The lowest BCUT2D eigenvalue weighted by Crippen LogP contribution is -2.48. The molecule has 29 heavy (non-hydrogen) atoms. The largest absolute Gasteiger partial charge is 0.435 e. The Kier molecular flexibility index (Phi) is 9.92. The van der Waals surface area contributed by atoms with E-state index < -0.39 is 6.61 Å². The summed E-state index contributed by atoms with van der Waals surface area (Å²) in [7, 11) is 0. The molecule has 0 radical (unpaired) electrons. The molecule has 1 saturated heterocycles. The molecule has 2 aromatic rings. The highest BCUT2D eigenvalue weighted by Crippen LogP contribution is 2.24. The van der Waals surface area contributed by atoms with Gasteiger partial charge < -0.3 is 20.3 Å². The van der Waals surface area contributed by atoms with Crippen LogP contribution in [0.15, 0.2) is 46.8 Å². The van der Waals surface area contributed by atoms with Crippen molar-refractivity contribution in [2.75, 3.05) is 24.5 Å². The van der Waals surface area contributed by atoms with Gasteiger partial charge in [0, 0.05) is 25.7 Å². The molecule has 0 unspecified atom stereocenters. The van der Waals surface area contributed by atoms with Gasteiger partial charge in [0.25, 0.3) is 0 Å². The zero-order chi connectivity index (χ0) is 19.8. The predicted molar refractivity (Wildman–Crippen MR) is 126 cm³/mol. The van der Waals surface area contributed by atoms with Crippen LogP contribution in [0.5, 0.6) is 5.75 Å². The van der Waals surface area contributed by atoms with E-state index in [-0.39, 0.29) is 29.7 Å². The van der Waals surface area contributed by atoms with Crippen molar-refractivity contribution in [3.8, 4) is 5.75 Å². The fourth-order valence-electron chi connectivity index (χ4n) is 3.20. The Morgan fingerprint density at radius 1 is 1.28 bits per heavy atom. The standard InChI is InChI=1S/C20H26F2N4OS.HI/c1-2-23-20(24-14-15-5-3-6-17(13-15)27-19(21)22)25-16-8-10-26(11-9-16)18-7-4-12-28-18;/h3-7,12-13,16,19H,2,8-11,14H2,1H3,(H2,23,24,25);1H. The van der Waals surface area contributed by atoms with E-state index in [1.807, 2.05) is 13.0 Å². The maximum absolute atomic E-state index is 12.4. The predicted octanol–water partition coefficient (Wildman–Crippen LogP) is 4.69. The lowest BCUT2D eigenvalue weighted by Gasteiger charge is -2.33. The molecule has 0 amide bonds. The van der Waals surface area contributed by atoms with Crippen LogP contribution in [0, 0.1) is 0 Å². The Balaban J connectivity index is 0.00000300. The number of aliphatic imine (C=N–C) groups is 1. The first kappa shape index (κ1) is 23.7. The molecule has 0 atom stereocenters. The van der Waals surface area contributed by atoms with Gasteiger partial charge >= 0.3 is 6.61 Å².